The molecule has 0 aliphatic carbocycles. The van der Waals surface area contributed by atoms with Gasteiger partial charge < -0.3 is 9.64 Å². The van der Waals surface area contributed by atoms with Gasteiger partial charge in [0.25, 0.3) is 5.91 Å². The first-order chi connectivity index (χ1) is 9.04. The lowest BCUT2D eigenvalue weighted by Crippen LogP contribution is -2.30. The molecule has 6 nitrogen and oxygen atoms in total. The van der Waals surface area contributed by atoms with Gasteiger partial charge in [0.05, 0.1) is 11.5 Å². The first-order valence-corrected chi connectivity index (χ1v) is 6.25. The Hall–Kier alpha value is -2.11. The fourth-order valence-electron chi connectivity index (χ4n) is 1.76. The molecule has 0 bridgehead atoms. The highest BCUT2D eigenvalue weighted by Gasteiger charge is 2.20. The monoisotopic (exact) mass is 266 g/mol. The van der Waals surface area contributed by atoms with E-state index < -0.39 is 4.92 Å². The topological polar surface area (TPSA) is 72.7 Å². The number of nitrogens with zero attached hydrogens (tertiary/aromatic N) is 2. The number of carbonyl (C=O) groups is 1. The van der Waals surface area contributed by atoms with Crippen LogP contribution in [0.15, 0.2) is 18.2 Å². The van der Waals surface area contributed by atoms with E-state index in [2.05, 4.69) is 0 Å². The Morgan fingerprint density at radius 2 is 1.95 bits per heavy atom. The molecule has 0 aliphatic heterocycles. The van der Waals surface area contributed by atoms with Crippen LogP contribution in [-0.4, -0.2) is 35.4 Å². The fourth-order valence-corrected chi connectivity index (χ4v) is 1.76. The van der Waals surface area contributed by atoms with Crippen molar-refractivity contribution in [3.63, 3.8) is 0 Å². The summed E-state index contributed by atoms with van der Waals surface area (Å²) in [6.45, 7) is 6.95. The lowest BCUT2D eigenvalue weighted by Gasteiger charge is -2.18. The summed E-state index contributed by atoms with van der Waals surface area (Å²) in [5.74, 6) is -0.0280. The summed E-state index contributed by atoms with van der Waals surface area (Å²) in [4.78, 5) is 24.2. The Bertz CT molecular complexity index is 470. The Morgan fingerprint density at radius 1 is 1.32 bits per heavy atom. The van der Waals surface area contributed by atoms with Crippen LogP contribution in [0.2, 0.25) is 0 Å². The van der Waals surface area contributed by atoms with E-state index in [1.54, 1.807) is 17.9 Å². The zero-order valence-electron chi connectivity index (χ0n) is 11.4. The molecular formula is C13H18N2O4. The van der Waals surface area contributed by atoms with E-state index in [-0.39, 0.29) is 17.3 Å². The molecule has 0 saturated carbocycles. The number of ether oxygens (including phenoxy) is 1. The molecule has 0 radical (unpaired) electrons. The first kappa shape index (κ1) is 14.9. The van der Waals surface area contributed by atoms with Gasteiger partial charge in [-0.05, 0) is 32.9 Å². The van der Waals surface area contributed by atoms with Crippen LogP contribution in [0.25, 0.3) is 0 Å². The van der Waals surface area contributed by atoms with Crippen molar-refractivity contribution in [2.45, 2.75) is 20.8 Å². The summed E-state index contributed by atoms with van der Waals surface area (Å²) in [7, 11) is 0. The predicted octanol–water partition coefficient (Wildman–Crippen LogP) is 2.48. The van der Waals surface area contributed by atoms with Crippen molar-refractivity contribution in [2.24, 2.45) is 0 Å². The smallest absolute Gasteiger partial charge is 0.311 e. The minimum Gasteiger partial charge on any atom is -0.487 e. The maximum absolute atomic E-state index is 12.1. The molecule has 0 unspecified atom stereocenters. The largest absolute Gasteiger partial charge is 0.487 e. The molecular weight excluding hydrogens is 248 g/mol. The molecule has 0 saturated heterocycles. The minimum atomic E-state index is -0.538. The average Bonchev–Trinajstić information content (AvgIpc) is 2.40. The Morgan fingerprint density at radius 3 is 2.42 bits per heavy atom. The van der Waals surface area contributed by atoms with Crippen LogP contribution < -0.4 is 4.74 Å². The van der Waals surface area contributed by atoms with E-state index in [1.807, 2.05) is 13.8 Å². The van der Waals surface area contributed by atoms with E-state index in [4.69, 9.17) is 4.74 Å². The van der Waals surface area contributed by atoms with Gasteiger partial charge in [0.1, 0.15) is 0 Å². The summed E-state index contributed by atoms with van der Waals surface area (Å²) >= 11 is 0. The second kappa shape index (κ2) is 6.72. The molecule has 104 valence electrons. The second-order valence-electron chi connectivity index (χ2n) is 3.85. The lowest BCUT2D eigenvalue weighted by molar-refractivity contribution is -0.385. The summed E-state index contributed by atoms with van der Waals surface area (Å²) in [5.41, 5.74) is 0.124. The SMILES string of the molecule is CCOc1ccc(C(=O)N(CC)CC)cc1[N+](=O)[O-]. The Kier molecular flexibility index (Phi) is 5.29. The normalized spacial score (nSPS) is 10.1. The molecule has 0 heterocycles. The number of hydrogen-bond acceptors (Lipinski definition) is 4. The van der Waals surface area contributed by atoms with Gasteiger partial charge in [-0.3, -0.25) is 14.9 Å². The number of nitro groups is 1. The molecule has 1 rings (SSSR count). The van der Waals surface area contributed by atoms with Crippen LogP contribution in [0.1, 0.15) is 31.1 Å². The van der Waals surface area contributed by atoms with Gasteiger partial charge in [-0.2, -0.15) is 0 Å². The molecule has 0 fully saturated rings. The van der Waals surface area contributed by atoms with E-state index >= 15 is 0 Å². The number of amides is 1. The maximum atomic E-state index is 12.1. The maximum Gasteiger partial charge on any atom is 0.311 e. The number of carbonyl (C=O) groups excluding carboxylic acids is 1. The third kappa shape index (κ3) is 3.43. The van der Waals surface area contributed by atoms with Gasteiger partial charge in [0.2, 0.25) is 0 Å². The van der Waals surface area contributed by atoms with E-state index in [0.29, 0.717) is 25.3 Å². The van der Waals surface area contributed by atoms with Gasteiger partial charge in [-0.25, -0.2) is 0 Å². The van der Waals surface area contributed by atoms with Crippen molar-refractivity contribution in [2.75, 3.05) is 19.7 Å². The number of benzene rings is 1. The van der Waals surface area contributed by atoms with Gasteiger partial charge in [-0.1, -0.05) is 0 Å². The number of rotatable bonds is 6. The molecule has 0 atom stereocenters. The average molecular weight is 266 g/mol. The summed E-state index contributed by atoms with van der Waals surface area (Å²) in [5, 5.41) is 11.0. The summed E-state index contributed by atoms with van der Waals surface area (Å²) in [6.07, 6.45) is 0. The lowest BCUT2D eigenvalue weighted by atomic mass is 10.1. The summed E-state index contributed by atoms with van der Waals surface area (Å²) in [6, 6.07) is 4.29. The molecule has 0 aliphatic rings. The highest BCUT2D eigenvalue weighted by molar-refractivity contribution is 5.95. The van der Waals surface area contributed by atoms with Crippen molar-refractivity contribution in [1.82, 2.24) is 4.90 Å². The minimum absolute atomic E-state index is 0.181. The molecule has 19 heavy (non-hydrogen) atoms. The van der Waals surface area contributed by atoms with Crippen molar-refractivity contribution in [1.29, 1.82) is 0 Å². The Balaban J connectivity index is 3.14. The standard InChI is InChI=1S/C13H18N2O4/c1-4-14(5-2)13(16)10-7-8-12(19-6-3)11(9-10)15(17)18/h7-9H,4-6H2,1-3H3. The summed E-state index contributed by atoms with van der Waals surface area (Å²) < 4.78 is 5.18. The van der Waals surface area contributed by atoms with Crippen LogP contribution in [-0.2, 0) is 0 Å². The number of nitro benzene ring substituents is 1. The van der Waals surface area contributed by atoms with Gasteiger partial charge in [0, 0.05) is 24.7 Å². The highest BCUT2D eigenvalue weighted by Crippen LogP contribution is 2.28. The fraction of sp³-hybridized carbons (Fsp3) is 0.462. The third-order valence-electron chi connectivity index (χ3n) is 2.75. The second-order valence-corrected chi connectivity index (χ2v) is 3.85. The number of hydrogen-bond donors (Lipinski definition) is 0. The van der Waals surface area contributed by atoms with E-state index in [0.717, 1.165) is 0 Å². The molecule has 1 amide bonds. The van der Waals surface area contributed by atoms with Crippen LogP contribution in [0.5, 0.6) is 5.75 Å². The molecule has 1 aromatic rings. The van der Waals surface area contributed by atoms with Gasteiger partial charge in [0.15, 0.2) is 5.75 Å². The van der Waals surface area contributed by atoms with Crippen LogP contribution >= 0.6 is 0 Å². The molecule has 6 heteroatoms. The highest BCUT2D eigenvalue weighted by atomic mass is 16.6. The van der Waals surface area contributed by atoms with Crippen molar-refractivity contribution < 1.29 is 14.5 Å². The van der Waals surface area contributed by atoms with Gasteiger partial charge in [-0.15, -0.1) is 0 Å². The van der Waals surface area contributed by atoms with Crippen molar-refractivity contribution in [3.8, 4) is 5.75 Å². The van der Waals surface area contributed by atoms with E-state index in [9.17, 15) is 14.9 Å². The van der Waals surface area contributed by atoms with E-state index in [1.165, 1.54) is 12.1 Å². The molecule has 0 N–H and O–H groups in total. The van der Waals surface area contributed by atoms with Crippen LogP contribution in [0.4, 0.5) is 5.69 Å². The van der Waals surface area contributed by atoms with Crippen LogP contribution in [0, 0.1) is 10.1 Å². The molecule has 0 spiro atoms. The first-order valence-electron chi connectivity index (χ1n) is 6.25. The zero-order valence-corrected chi connectivity index (χ0v) is 11.4. The third-order valence-corrected chi connectivity index (χ3v) is 2.75. The van der Waals surface area contributed by atoms with Crippen molar-refractivity contribution >= 4 is 11.6 Å². The molecule has 0 aromatic heterocycles. The molecule has 1 aromatic carbocycles. The van der Waals surface area contributed by atoms with Crippen molar-refractivity contribution in [3.05, 3.63) is 33.9 Å². The Labute approximate surface area is 112 Å². The van der Waals surface area contributed by atoms with Crippen LogP contribution in [0.3, 0.4) is 0 Å². The van der Waals surface area contributed by atoms with Gasteiger partial charge >= 0.3 is 5.69 Å². The zero-order chi connectivity index (χ0) is 14.4. The quantitative estimate of drug-likeness (QED) is 0.585. The predicted molar refractivity (Wildman–Crippen MR) is 71.5 cm³/mol.